The van der Waals surface area contributed by atoms with E-state index in [0.29, 0.717) is 39.9 Å². The lowest BCUT2D eigenvalue weighted by molar-refractivity contribution is 0.0952. The first-order valence-corrected chi connectivity index (χ1v) is 8.59. The number of carbonyl (C=O) groups is 1. The summed E-state index contributed by atoms with van der Waals surface area (Å²) in [5.41, 5.74) is 2.42. The molecule has 1 heterocycles. The minimum absolute atomic E-state index is 0.104. The molecule has 0 spiro atoms. The third kappa shape index (κ3) is 3.49. The average molecular weight is 351 g/mol. The maximum Gasteiger partial charge on any atom is 0.258 e. The van der Waals surface area contributed by atoms with Crippen molar-refractivity contribution < 1.29 is 13.7 Å². The molecule has 0 radical (unpaired) electrons. The van der Waals surface area contributed by atoms with Crippen LogP contribution < -0.4 is 5.32 Å². The smallest absolute Gasteiger partial charge is 0.258 e. The fraction of sp³-hybridized carbons (Fsp3) is 0.250. The maximum absolute atomic E-state index is 13.4. The number of rotatable bonds is 5. The Hall–Kier alpha value is -3.02. The molecule has 5 nitrogen and oxygen atoms in total. The van der Waals surface area contributed by atoms with Crippen LogP contribution in [0.2, 0.25) is 0 Å². The highest BCUT2D eigenvalue weighted by molar-refractivity contribution is 5.95. The molecule has 1 saturated carbocycles. The van der Waals surface area contributed by atoms with Crippen LogP contribution in [0, 0.1) is 18.7 Å². The van der Waals surface area contributed by atoms with E-state index < -0.39 is 0 Å². The molecule has 0 unspecified atom stereocenters. The number of nitrogens with zero attached hydrogens (tertiary/aromatic N) is 2. The molecular weight excluding hydrogens is 333 g/mol. The van der Waals surface area contributed by atoms with Crippen molar-refractivity contribution >= 4 is 5.91 Å². The zero-order valence-electron chi connectivity index (χ0n) is 14.3. The third-order valence-electron chi connectivity index (χ3n) is 4.46. The highest BCUT2D eigenvalue weighted by Crippen LogP contribution is 2.28. The molecule has 4 rings (SSSR count). The summed E-state index contributed by atoms with van der Waals surface area (Å²) in [5.74, 6) is 0.945. The zero-order chi connectivity index (χ0) is 18.1. The molecule has 1 aliphatic rings. The number of benzene rings is 2. The lowest BCUT2D eigenvalue weighted by Crippen LogP contribution is -2.25. The molecule has 26 heavy (non-hydrogen) atoms. The van der Waals surface area contributed by atoms with E-state index in [1.807, 2.05) is 6.07 Å². The summed E-state index contributed by atoms with van der Waals surface area (Å²) in [6, 6.07) is 11.7. The van der Waals surface area contributed by atoms with Gasteiger partial charge in [0.15, 0.2) is 0 Å². The molecule has 0 bridgehead atoms. The minimum atomic E-state index is -0.276. The number of hydrogen-bond donors (Lipinski definition) is 1. The molecule has 2 aromatic carbocycles. The van der Waals surface area contributed by atoms with Crippen molar-refractivity contribution in [3.8, 4) is 22.8 Å². The Balaban J connectivity index is 1.56. The SMILES string of the molecule is Cc1cc(-c2noc(-c3cccc(C(=O)NCC4CC4)c3)n2)ccc1F. The Morgan fingerprint density at radius 1 is 1.23 bits per heavy atom. The van der Waals surface area contributed by atoms with Gasteiger partial charge in [-0.3, -0.25) is 4.79 Å². The van der Waals surface area contributed by atoms with Crippen molar-refractivity contribution in [3.05, 3.63) is 59.4 Å². The van der Waals surface area contributed by atoms with Crippen LogP contribution >= 0.6 is 0 Å². The molecule has 0 aliphatic heterocycles. The number of nitrogens with one attached hydrogen (secondary N) is 1. The number of aromatic nitrogens is 2. The summed E-state index contributed by atoms with van der Waals surface area (Å²) < 4.78 is 18.8. The first kappa shape index (κ1) is 16.4. The standard InChI is InChI=1S/C20H18FN3O2/c1-12-9-14(7-8-17(12)21)18-23-20(26-24-18)16-4-2-3-15(10-16)19(25)22-11-13-5-6-13/h2-4,7-10,13H,5-6,11H2,1H3,(H,22,25). The fourth-order valence-electron chi connectivity index (χ4n) is 2.70. The van der Waals surface area contributed by atoms with E-state index in [1.165, 1.54) is 18.9 Å². The summed E-state index contributed by atoms with van der Waals surface area (Å²) in [6.45, 7) is 2.40. The average Bonchev–Trinajstić information content (AvgIpc) is 3.36. The molecule has 1 N–H and O–H groups in total. The number of halogens is 1. The normalized spacial score (nSPS) is 13.6. The van der Waals surface area contributed by atoms with Crippen LogP contribution in [0.5, 0.6) is 0 Å². The predicted octanol–water partition coefficient (Wildman–Crippen LogP) is 3.99. The topological polar surface area (TPSA) is 68.0 Å². The monoisotopic (exact) mass is 351 g/mol. The van der Waals surface area contributed by atoms with E-state index in [1.54, 1.807) is 37.3 Å². The molecule has 132 valence electrons. The Morgan fingerprint density at radius 2 is 2.08 bits per heavy atom. The third-order valence-corrected chi connectivity index (χ3v) is 4.46. The fourth-order valence-corrected chi connectivity index (χ4v) is 2.70. The van der Waals surface area contributed by atoms with Gasteiger partial charge < -0.3 is 9.84 Å². The van der Waals surface area contributed by atoms with Gasteiger partial charge in [-0.2, -0.15) is 4.98 Å². The Labute approximate surface area is 150 Å². The van der Waals surface area contributed by atoms with Crippen LogP contribution in [0.4, 0.5) is 4.39 Å². The summed E-state index contributed by atoms with van der Waals surface area (Å²) in [7, 11) is 0. The quantitative estimate of drug-likeness (QED) is 0.755. The summed E-state index contributed by atoms with van der Waals surface area (Å²) in [5, 5.41) is 6.91. The molecular formula is C20H18FN3O2. The number of carbonyl (C=O) groups excluding carboxylic acids is 1. The van der Waals surface area contributed by atoms with Crippen LogP contribution in [0.1, 0.15) is 28.8 Å². The van der Waals surface area contributed by atoms with Gasteiger partial charge in [-0.15, -0.1) is 0 Å². The van der Waals surface area contributed by atoms with Gasteiger partial charge in [0.1, 0.15) is 5.82 Å². The second-order valence-electron chi connectivity index (χ2n) is 6.62. The molecule has 1 aromatic heterocycles. The molecule has 0 saturated heterocycles. The van der Waals surface area contributed by atoms with Gasteiger partial charge in [0.05, 0.1) is 0 Å². The van der Waals surface area contributed by atoms with Gasteiger partial charge in [-0.1, -0.05) is 11.2 Å². The summed E-state index contributed by atoms with van der Waals surface area (Å²) >= 11 is 0. The number of aryl methyl sites for hydroxylation is 1. The summed E-state index contributed by atoms with van der Waals surface area (Å²) in [6.07, 6.45) is 2.38. The highest BCUT2D eigenvalue weighted by atomic mass is 19.1. The summed E-state index contributed by atoms with van der Waals surface area (Å²) in [4.78, 5) is 16.6. The van der Waals surface area contributed by atoms with Crippen LogP contribution in [0.3, 0.4) is 0 Å². The Morgan fingerprint density at radius 3 is 2.85 bits per heavy atom. The van der Waals surface area contributed by atoms with E-state index in [9.17, 15) is 9.18 Å². The second kappa shape index (κ2) is 6.71. The van der Waals surface area contributed by atoms with Gasteiger partial charge >= 0.3 is 0 Å². The van der Waals surface area contributed by atoms with Crippen LogP contribution in [-0.4, -0.2) is 22.6 Å². The minimum Gasteiger partial charge on any atom is -0.352 e. The van der Waals surface area contributed by atoms with Crippen molar-refractivity contribution in [2.24, 2.45) is 5.92 Å². The number of amides is 1. The highest BCUT2D eigenvalue weighted by Gasteiger charge is 2.22. The molecule has 3 aromatic rings. The van der Waals surface area contributed by atoms with Gasteiger partial charge in [0, 0.05) is 23.2 Å². The van der Waals surface area contributed by atoms with E-state index in [0.717, 1.165) is 6.54 Å². The van der Waals surface area contributed by atoms with Crippen molar-refractivity contribution in [2.75, 3.05) is 6.54 Å². The first-order chi connectivity index (χ1) is 12.6. The van der Waals surface area contributed by atoms with Crippen LogP contribution in [0.25, 0.3) is 22.8 Å². The van der Waals surface area contributed by atoms with E-state index in [2.05, 4.69) is 15.5 Å². The van der Waals surface area contributed by atoms with Gasteiger partial charge in [-0.05, 0) is 67.6 Å². The number of hydrogen-bond acceptors (Lipinski definition) is 4. The van der Waals surface area contributed by atoms with Crippen molar-refractivity contribution in [1.29, 1.82) is 0 Å². The largest absolute Gasteiger partial charge is 0.352 e. The van der Waals surface area contributed by atoms with Gasteiger partial charge in [-0.25, -0.2) is 4.39 Å². The van der Waals surface area contributed by atoms with E-state index >= 15 is 0 Å². The predicted molar refractivity (Wildman–Crippen MR) is 94.9 cm³/mol. The maximum atomic E-state index is 13.4. The van der Waals surface area contributed by atoms with E-state index in [4.69, 9.17) is 4.52 Å². The Kier molecular flexibility index (Phi) is 4.24. The molecule has 1 aliphatic carbocycles. The van der Waals surface area contributed by atoms with Crippen molar-refractivity contribution in [1.82, 2.24) is 15.5 Å². The van der Waals surface area contributed by atoms with Crippen LogP contribution in [-0.2, 0) is 0 Å². The lowest BCUT2D eigenvalue weighted by Gasteiger charge is -2.04. The molecule has 1 amide bonds. The zero-order valence-corrected chi connectivity index (χ0v) is 14.3. The molecule has 6 heteroatoms. The van der Waals surface area contributed by atoms with E-state index in [-0.39, 0.29) is 11.7 Å². The van der Waals surface area contributed by atoms with Gasteiger partial charge in [0.25, 0.3) is 11.8 Å². The lowest BCUT2D eigenvalue weighted by atomic mass is 10.1. The first-order valence-electron chi connectivity index (χ1n) is 8.59. The van der Waals surface area contributed by atoms with Gasteiger partial charge in [0.2, 0.25) is 5.82 Å². The molecule has 1 fully saturated rings. The second-order valence-corrected chi connectivity index (χ2v) is 6.62. The van der Waals surface area contributed by atoms with Crippen LogP contribution in [0.15, 0.2) is 47.0 Å². The molecule has 0 atom stereocenters. The Bertz CT molecular complexity index is 963. The van der Waals surface area contributed by atoms with Crippen molar-refractivity contribution in [3.63, 3.8) is 0 Å². The van der Waals surface area contributed by atoms with Crippen molar-refractivity contribution in [2.45, 2.75) is 19.8 Å².